The van der Waals surface area contributed by atoms with Gasteiger partial charge >= 0.3 is 5.97 Å². The van der Waals surface area contributed by atoms with E-state index in [2.05, 4.69) is 6.92 Å². The van der Waals surface area contributed by atoms with Crippen molar-refractivity contribution in [3.63, 3.8) is 0 Å². The van der Waals surface area contributed by atoms with E-state index in [0.29, 0.717) is 145 Å². The van der Waals surface area contributed by atoms with E-state index in [1.165, 1.54) is 12.8 Å². The summed E-state index contributed by atoms with van der Waals surface area (Å²) in [5.41, 5.74) is 0. The first-order chi connectivity index (χ1) is 21.8. The van der Waals surface area contributed by atoms with Crippen molar-refractivity contribution in [1.82, 2.24) is 0 Å². The largest absolute Gasteiger partial charge is 0.463 e. The average molecular weight is 643 g/mol. The fourth-order valence-electron chi connectivity index (χ4n) is 3.25. The van der Waals surface area contributed by atoms with Gasteiger partial charge < -0.3 is 56.8 Å². The standard InChI is InChI=1S/C31H62O13/c1-3-5-6-8-33-9-10-34-11-12-35-13-14-36-15-16-37-17-18-38-19-20-39-21-22-40-23-24-41-25-26-42-27-28-43-29-30-44-31(32)7-4-2/h3-30H2,1-2H3. The molecular weight excluding hydrogens is 580 g/mol. The number of hydrogen-bond acceptors (Lipinski definition) is 13. The summed E-state index contributed by atoms with van der Waals surface area (Å²) < 4.78 is 64.9. The maximum absolute atomic E-state index is 11.2. The number of ether oxygens (including phenoxy) is 12. The minimum atomic E-state index is -0.187. The molecule has 0 N–H and O–H groups in total. The van der Waals surface area contributed by atoms with Gasteiger partial charge in [-0.2, -0.15) is 0 Å². The average Bonchev–Trinajstić information content (AvgIpc) is 3.02. The summed E-state index contributed by atoms with van der Waals surface area (Å²) in [6.45, 7) is 16.0. The zero-order valence-corrected chi connectivity index (χ0v) is 27.6. The van der Waals surface area contributed by atoms with Crippen LogP contribution in [0.5, 0.6) is 0 Å². The Hall–Kier alpha value is -0.970. The van der Waals surface area contributed by atoms with Gasteiger partial charge in [-0.1, -0.05) is 26.7 Å². The second-order valence-corrected chi connectivity index (χ2v) is 9.41. The lowest BCUT2D eigenvalue weighted by Crippen LogP contribution is -2.15. The highest BCUT2D eigenvalue weighted by Crippen LogP contribution is 1.94. The van der Waals surface area contributed by atoms with Crippen LogP contribution in [0.2, 0.25) is 0 Å². The van der Waals surface area contributed by atoms with Gasteiger partial charge in [0.2, 0.25) is 0 Å². The van der Waals surface area contributed by atoms with Crippen LogP contribution in [0.3, 0.4) is 0 Å². The third-order valence-electron chi connectivity index (χ3n) is 5.56. The Morgan fingerprint density at radius 1 is 0.318 bits per heavy atom. The zero-order chi connectivity index (χ0) is 31.9. The Morgan fingerprint density at radius 2 is 0.568 bits per heavy atom. The van der Waals surface area contributed by atoms with Crippen molar-refractivity contribution in [1.29, 1.82) is 0 Å². The lowest BCUT2D eigenvalue weighted by Gasteiger charge is -2.09. The number of hydrogen-bond donors (Lipinski definition) is 0. The van der Waals surface area contributed by atoms with Gasteiger partial charge in [-0.25, -0.2) is 0 Å². The molecule has 0 unspecified atom stereocenters. The van der Waals surface area contributed by atoms with Gasteiger partial charge in [0.25, 0.3) is 0 Å². The third-order valence-corrected chi connectivity index (χ3v) is 5.56. The molecule has 0 radical (unpaired) electrons. The Labute approximate surface area is 265 Å². The van der Waals surface area contributed by atoms with Crippen LogP contribution in [-0.4, -0.2) is 158 Å². The molecule has 0 bridgehead atoms. The molecule has 0 aromatic carbocycles. The minimum Gasteiger partial charge on any atom is -0.463 e. The van der Waals surface area contributed by atoms with E-state index >= 15 is 0 Å². The van der Waals surface area contributed by atoms with E-state index < -0.39 is 0 Å². The van der Waals surface area contributed by atoms with Crippen LogP contribution in [0, 0.1) is 0 Å². The van der Waals surface area contributed by atoms with E-state index in [9.17, 15) is 4.79 Å². The fourth-order valence-corrected chi connectivity index (χ4v) is 3.25. The van der Waals surface area contributed by atoms with E-state index in [0.717, 1.165) is 19.4 Å². The third kappa shape index (κ3) is 39.1. The van der Waals surface area contributed by atoms with Crippen molar-refractivity contribution in [2.24, 2.45) is 0 Å². The minimum absolute atomic E-state index is 0.187. The molecule has 0 aliphatic rings. The van der Waals surface area contributed by atoms with Gasteiger partial charge in [0, 0.05) is 13.0 Å². The maximum atomic E-state index is 11.2. The lowest BCUT2D eigenvalue weighted by atomic mass is 10.3. The molecule has 0 saturated carbocycles. The number of rotatable bonds is 39. The van der Waals surface area contributed by atoms with Crippen LogP contribution >= 0.6 is 0 Å². The molecule has 0 aromatic rings. The molecule has 0 fully saturated rings. The summed E-state index contributed by atoms with van der Waals surface area (Å²) >= 11 is 0. The van der Waals surface area contributed by atoms with Crippen molar-refractivity contribution < 1.29 is 61.6 Å². The molecule has 0 aliphatic heterocycles. The highest BCUT2D eigenvalue weighted by Gasteiger charge is 2.00. The van der Waals surface area contributed by atoms with Crippen LogP contribution in [0.1, 0.15) is 46.0 Å². The second kappa shape index (κ2) is 40.1. The number of carbonyl (C=O) groups excluding carboxylic acids is 1. The van der Waals surface area contributed by atoms with Crippen LogP contribution in [-0.2, 0) is 61.6 Å². The summed E-state index contributed by atoms with van der Waals surface area (Å²) in [5.74, 6) is -0.187. The molecule has 44 heavy (non-hydrogen) atoms. The smallest absolute Gasteiger partial charge is 0.305 e. The summed E-state index contributed by atoms with van der Waals surface area (Å²) in [6, 6.07) is 0. The molecule has 0 heterocycles. The first kappa shape index (κ1) is 43.0. The second-order valence-electron chi connectivity index (χ2n) is 9.41. The van der Waals surface area contributed by atoms with Gasteiger partial charge in [-0.3, -0.25) is 4.79 Å². The fraction of sp³-hybridized carbons (Fsp3) is 0.968. The Bertz CT molecular complexity index is 543. The van der Waals surface area contributed by atoms with Crippen LogP contribution in [0.15, 0.2) is 0 Å². The number of carbonyl (C=O) groups is 1. The van der Waals surface area contributed by atoms with E-state index in [-0.39, 0.29) is 12.6 Å². The summed E-state index contributed by atoms with van der Waals surface area (Å²) in [7, 11) is 0. The maximum Gasteiger partial charge on any atom is 0.305 e. The Morgan fingerprint density at radius 3 is 0.818 bits per heavy atom. The van der Waals surface area contributed by atoms with Crippen molar-refractivity contribution in [2.75, 3.05) is 152 Å². The zero-order valence-electron chi connectivity index (χ0n) is 27.6. The summed E-state index contributed by atoms with van der Waals surface area (Å²) in [4.78, 5) is 11.2. The first-order valence-corrected chi connectivity index (χ1v) is 16.3. The van der Waals surface area contributed by atoms with E-state index in [1.807, 2.05) is 6.92 Å². The molecule has 0 aliphatic carbocycles. The Kier molecular flexibility index (Phi) is 39.2. The quantitative estimate of drug-likeness (QED) is 0.0721. The van der Waals surface area contributed by atoms with Crippen molar-refractivity contribution in [3.05, 3.63) is 0 Å². The predicted octanol–water partition coefficient (Wildman–Crippen LogP) is 2.70. The SMILES string of the molecule is CCCCCOCCOCCOCCOCCOCCOCCOCCOCCOCCOCCOCCOC(=O)CCC. The lowest BCUT2D eigenvalue weighted by molar-refractivity contribution is -0.145. The molecular formula is C31H62O13. The van der Waals surface area contributed by atoms with E-state index in [4.69, 9.17) is 56.8 Å². The Balaban J connectivity index is 3.05. The molecule has 0 amide bonds. The predicted molar refractivity (Wildman–Crippen MR) is 164 cm³/mol. The van der Waals surface area contributed by atoms with E-state index in [1.54, 1.807) is 0 Å². The molecule has 0 spiro atoms. The van der Waals surface area contributed by atoms with Gasteiger partial charge in [-0.05, 0) is 12.8 Å². The number of unbranched alkanes of at least 4 members (excludes halogenated alkanes) is 2. The van der Waals surface area contributed by atoms with Gasteiger partial charge in [0.15, 0.2) is 0 Å². The molecule has 0 atom stereocenters. The normalized spacial score (nSPS) is 11.4. The highest BCUT2D eigenvalue weighted by atomic mass is 16.6. The van der Waals surface area contributed by atoms with Gasteiger partial charge in [0.05, 0.1) is 139 Å². The van der Waals surface area contributed by atoms with Crippen LogP contribution in [0.25, 0.3) is 0 Å². The molecule has 0 aromatic heterocycles. The van der Waals surface area contributed by atoms with Crippen LogP contribution in [0.4, 0.5) is 0 Å². The van der Waals surface area contributed by atoms with Crippen LogP contribution < -0.4 is 0 Å². The monoisotopic (exact) mass is 642 g/mol. The summed E-state index contributed by atoms with van der Waals surface area (Å²) in [5, 5.41) is 0. The molecule has 0 saturated heterocycles. The highest BCUT2D eigenvalue weighted by molar-refractivity contribution is 5.69. The molecule has 264 valence electrons. The van der Waals surface area contributed by atoms with Crippen molar-refractivity contribution in [2.45, 2.75) is 46.0 Å². The summed E-state index contributed by atoms with van der Waals surface area (Å²) in [6.07, 6.45) is 4.77. The number of esters is 1. The molecule has 0 rings (SSSR count). The van der Waals surface area contributed by atoms with Gasteiger partial charge in [-0.15, -0.1) is 0 Å². The van der Waals surface area contributed by atoms with Gasteiger partial charge in [0.1, 0.15) is 6.61 Å². The van der Waals surface area contributed by atoms with Crippen molar-refractivity contribution in [3.8, 4) is 0 Å². The topological polar surface area (TPSA) is 128 Å². The molecule has 13 nitrogen and oxygen atoms in total. The molecule has 13 heteroatoms. The van der Waals surface area contributed by atoms with Crippen molar-refractivity contribution >= 4 is 5.97 Å². The first-order valence-electron chi connectivity index (χ1n) is 16.3.